The van der Waals surface area contributed by atoms with E-state index in [1.165, 1.54) is 19.6 Å². The molecule has 0 aromatic heterocycles. The number of hydrogen-bond donors (Lipinski definition) is 1. The number of likely N-dealkylation sites (tertiary alicyclic amines) is 1. The van der Waals surface area contributed by atoms with Crippen molar-refractivity contribution in [1.29, 1.82) is 0 Å². The lowest BCUT2D eigenvalue weighted by atomic mass is 9.95. The van der Waals surface area contributed by atoms with Crippen molar-refractivity contribution in [2.75, 3.05) is 19.6 Å². The quantitative estimate of drug-likeness (QED) is 0.590. The highest BCUT2D eigenvalue weighted by Gasteiger charge is 2.42. The zero-order valence-electron chi connectivity index (χ0n) is 8.46. The second kappa shape index (κ2) is 3.32. The van der Waals surface area contributed by atoms with E-state index in [1.807, 2.05) is 0 Å². The standard InChI is InChI=1S/C11H18N2/c1-4-8(2)13-7-10-5-12-6-11(10)9(13)3/h1,8-12H,5-7H2,2-3H3. The molecule has 0 amide bonds. The molecule has 2 nitrogen and oxygen atoms in total. The minimum Gasteiger partial charge on any atom is -0.316 e. The van der Waals surface area contributed by atoms with Gasteiger partial charge in [-0.1, -0.05) is 5.92 Å². The largest absolute Gasteiger partial charge is 0.316 e. The van der Waals surface area contributed by atoms with Crippen LogP contribution in [-0.2, 0) is 0 Å². The molecule has 2 saturated heterocycles. The first-order valence-electron chi connectivity index (χ1n) is 5.16. The summed E-state index contributed by atoms with van der Waals surface area (Å²) in [5.41, 5.74) is 0. The molecule has 2 heteroatoms. The molecule has 0 aromatic rings. The average Bonchev–Trinajstić information content (AvgIpc) is 2.68. The van der Waals surface area contributed by atoms with Gasteiger partial charge in [-0.25, -0.2) is 0 Å². The maximum Gasteiger partial charge on any atom is 0.0685 e. The van der Waals surface area contributed by atoms with E-state index < -0.39 is 0 Å². The molecule has 0 aliphatic carbocycles. The van der Waals surface area contributed by atoms with Crippen molar-refractivity contribution in [3.8, 4) is 12.3 Å². The molecular formula is C11H18N2. The van der Waals surface area contributed by atoms with Gasteiger partial charge in [-0.2, -0.15) is 0 Å². The van der Waals surface area contributed by atoms with Gasteiger partial charge in [0.15, 0.2) is 0 Å². The van der Waals surface area contributed by atoms with Crippen LogP contribution in [0.4, 0.5) is 0 Å². The van der Waals surface area contributed by atoms with Gasteiger partial charge in [0.2, 0.25) is 0 Å². The molecule has 1 N–H and O–H groups in total. The fourth-order valence-corrected chi connectivity index (χ4v) is 2.81. The third kappa shape index (κ3) is 1.37. The molecule has 4 atom stereocenters. The van der Waals surface area contributed by atoms with E-state index in [-0.39, 0.29) is 0 Å². The van der Waals surface area contributed by atoms with Gasteiger partial charge in [0.1, 0.15) is 0 Å². The number of rotatable bonds is 1. The van der Waals surface area contributed by atoms with Crippen molar-refractivity contribution in [1.82, 2.24) is 10.2 Å². The van der Waals surface area contributed by atoms with E-state index >= 15 is 0 Å². The van der Waals surface area contributed by atoms with Crippen molar-refractivity contribution < 1.29 is 0 Å². The van der Waals surface area contributed by atoms with Crippen molar-refractivity contribution in [3.05, 3.63) is 0 Å². The summed E-state index contributed by atoms with van der Waals surface area (Å²) in [6.45, 7) is 7.99. The van der Waals surface area contributed by atoms with Gasteiger partial charge in [-0.3, -0.25) is 4.90 Å². The van der Waals surface area contributed by atoms with E-state index in [4.69, 9.17) is 6.42 Å². The van der Waals surface area contributed by atoms with Crippen molar-refractivity contribution >= 4 is 0 Å². The Labute approximate surface area is 80.7 Å². The van der Waals surface area contributed by atoms with Crippen LogP contribution < -0.4 is 5.32 Å². The zero-order valence-corrected chi connectivity index (χ0v) is 8.46. The van der Waals surface area contributed by atoms with E-state index in [0.29, 0.717) is 12.1 Å². The van der Waals surface area contributed by atoms with E-state index in [0.717, 1.165) is 11.8 Å². The second-order valence-corrected chi connectivity index (χ2v) is 4.36. The molecule has 2 fully saturated rings. The molecule has 13 heavy (non-hydrogen) atoms. The Kier molecular flexibility index (Phi) is 2.31. The fourth-order valence-electron chi connectivity index (χ4n) is 2.81. The van der Waals surface area contributed by atoms with Crippen LogP contribution in [0.25, 0.3) is 0 Å². The Morgan fingerprint density at radius 2 is 2.31 bits per heavy atom. The molecule has 2 rings (SSSR count). The minimum atomic E-state index is 0.306. The average molecular weight is 178 g/mol. The minimum absolute atomic E-state index is 0.306. The van der Waals surface area contributed by atoms with Gasteiger partial charge >= 0.3 is 0 Å². The highest BCUT2D eigenvalue weighted by molar-refractivity contribution is 5.05. The summed E-state index contributed by atoms with van der Waals surface area (Å²) in [5.74, 6) is 4.50. The van der Waals surface area contributed by atoms with Crippen molar-refractivity contribution in [2.24, 2.45) is 11.8 Å². The lowest BCUT2D eigenvalue weighted by Gasteiger charge is -2.27. The van der Waals surface area contributed by atoms with E-state index in [1.54, 1.807) is 0 Å². The highest BCUT2D eigenvalue weighted by Crippen LogP contribution is 2.33. The summed E-state index contributed by atoms with van der Waals surface area (Å²) in [7, 11) is 0. The highest BCUT2D eigenvalue weighted by atomic mass is 15.2. The van der Waals surface area contributed by atoms with Crippen LogP contribution in [0, 0.1) is 24.2 Å². The van der Waals surface area contributed by atoms with Gasteiger partial charge in [-0.05, 0) is 38.8 Å². The van der Waals surface area contributed by atoms with Gasteiger partial charge in [-0.15, -0.1) is 6.42 Å². The van der Waals surface area contributed by atoms with Gasteiger partial charge in [0.05, 0.1) is 6.04 Å². The summed E-state index contributed by atoms with van der Waals surface area (Å²) in [6.07, 6.45) is 5.46. The number of fused-ring (bicyclic) bond motifs is 1. The van der Waals surface area contributed by atoms with E-state index in [2.05, 4.69) is 30.0 Å². The van der Waals surface area contributed by atoms with Gasteiger partial charge in [0.25, 0.3) is 0 Å². The number of terminal acetylenes is 1. The molecule has 0 saturated carbocycles. The molecule has 72 valence electrons. The maximum atomic E-state index is 5.46. The van der Waals surface area contributed by atoms with Crippen LogP contribution in [0.5, 0.6) is 0 Å². The normalized spacial score (nSPS) is 41.5. The lowest BCUT2D eigenvalue weighted by molar-refractivity contribution is 0.216. The Hall–Kier alpha value is -0.520. The first-order valence-corrected chi connectivity index (χ1v) is 5.16. The summed E-state index contributed by atoms with van der Waals surface area (Å²) in [6, 6.07) is 0.964. The first-order chi connectivity index (χ1) is 6.24. The van der Waals surface area contributed by atoms with Crippen LogP contribution in [0.1, 0.15) is 13.8 Å². The van der Waals surface area contributed by atoms with Crippen molar-refractivity contribution in [2.45, 2.75) is 25.9 Å². The Morgan fingerprint density at radius 3 is 2.92 bits per heavy atom. The molecule has 2 aliphatic rings. The Bertz CT molecular complexity index is 231. The first kappa shape index (κ1) is 9.05. The van der Waals surface area contributed by atoms with Crippen LogP contribution in [0.3, 0.4) is 0 Å². The molecule has 0 radical (unpaired) electrons. The SMILES string of the molecule is C#CC(C)N1CC2CNCC2C1C. The third-order valence-electron chi connectivity index (χ3n) is 3.72. The summed E-state index contributed by atoms with van der Waals surface area (Å²) in [5, 5.41) is 3.45. The number of nitrogens with one attached hydrogen (secondary N) is 1. The zero-order chi connectivity index (χ0) is 9.42. The summed E-state index contributed by atoms with van der Waals surface area (Å²) < 4.78 is 0. The maximum absolute atomic E-state index is 5.46. The fraction of sp³-hybridized carbons (Fsp3) is 0.818. The number of nitrogens with zero attached hydrogens (tertiary/aromatic N) is 1. The smallest absolute Gasteiger partial charge is 0.0685 e. The molecule has 4 unspecified atom stereocenters. The third-order valence-corrected chi connectivity index (χ3v) is 3.72. The van der Waals surface area contributed by atoms with Crippen LogP contribution in [-0.4, -0.2) is 36.6 Å². The van der Waals surface area contributed by atoms with Crippen LogP contribution in [0.15, 0.2) is 0 Å². The van der Waals surface area contributed by atoms with Crippen molar-refractivity contribution in [3.63, 3.8) is 0 Å². The van der Waals surface area contributed by atoms with Gasteiger partial charge < -0.3 is 5.32 Å². The predicted octanol–water partition coefficient (Wildman–Crippen LogP) is 0.548. The molecule has 0 spiro atoms. The number of hydrogen-bond acceptors (Lipinski definition) is 2. The van der Waals surface area contributed by atoms with Gasteiger partial charge in [0, 0.05) is 12.6 Å². The lowest BCUT2D eigenvalue weighted by Crippen LogP contribution is -2.38. The molecule has 2 aliphatic heterocycles. The van der Waals surface area contributed by atoms with Crippen LogP contribution >= 0.6 is 0 Å². The predicted molar refractivity (Wildman–Crippen MR) is 54.3 cm³/mol. The van der Waals surface area contributed by atoms with Crippen LogP contribution in [0.2, 0.25) is 0 Å². The Morgan fingerprint density at radius 1 is 1.54 bits per heavy atom. The summed E-state index contributed by atoms with van der Waals surface area (Å²) >= 11 is 0. The monoisotopic (exact) mass is 178 g/mol. The second-order valence-electron chi connectivity index (χ2n) is 4.36. The summed E-state index contributed by atoms with van der Waals surface area (Å²) in [4.78, 5) is 2.47. The molecular weight excluding hydrogens is 160 g/mol. The molecule has 0 bridgehead atoms. The molecule has 2 heterocycles. The topological polar surface area (TPSA) is 15.3 Å². The Balaban J connectivity index is 2.07. The van der Waals surface area contributed by atoms with E-state index in [9.17, 15) is 0 Å². The molecule has 0 aromatic carbocycles.